The molecule has 0 unspecified atom stereocenters. The fraction of sp³-hybridized carbons (Fsp3) is 0.550. The zero-order valence-electron chi connectivity index (χ0n) is 16.9. The van der Waals surface area contributed by atoms with Crippen molar-refractivity contribution in [3.05, 3.63) is 40.0 Å². The number of rotatable bonds is 6. The molecule has 1 fully saturated rings. The Morgan fingerprint density at radius 2 is 1.93 bits per heavy atom. The van der Waals surface area contributed by atoms with Crippen molar-refractivity contribution in [2.45, 2.75) is 46.2 Å². The molecule has 154 valence electrons. The van der Waals surface area contributed by atoms with E-state index in [1.54, 1.807) is 18.4 Å². The van der Waals surface area contributed by atoms with Crippen LogP contribution in [0.25, 0.3) is 0 Å². The number of nitrogens with one attached hydrogen (secondary N) is 2. The molecule has 3 rings (SSSR count). The first kappa shape index (κ1) is 22.9. The van der Waals surface area contributed by atoms with Gasteiger partial charge in [-0.05, 0) is 36.8 Å². The van der Waals surface area contributed by atoms with Crippen LogP contribution in [0.2, 0.25) is 0 Å². The molecule has 3 heterocycles. The number of pyridine rings is 1. The lowest BCUT2D eigenvalue weighted by molar-refractivity contribution is 0.436. The van der Waals surface area contributed by atoms with Gasteiger partial charge in [0, 0.05) is 44.0 Å². The quantitative estimate of drug-likeness (QED) is 0.349. The highest BCUT2D eigenvalue weighted by molar-refractivity contribution is 14.0. The molecule has 2 aromatic rings. The molecule has 8 heteroatoms. The lowest BCUT2D eigenvalue weighted by Gasteiger charge is -2.31. The first-order valence-corrected chi connectivity index (χ1v) is 10.6. The van der Waals surface area contributed by atoms with Gasteiger partial charge in [-0.25, -0.2) is 9.97 Å². The van der Waals surface area contributed by atoms with E-state index in [9.17, 15) is 0 Å². The number of thiazole rings is 1. The lowest BCUT2D eigenvalue weighted by Crippen LogP contribution is -2.36. The summed E-state index contributed by atoms with van der Waals surface area (Å²) in [5.74, 6) is 2.70. The van der Waals surface area contributed by atoms with Crippen molar-refractivity contribution < 1.29 is 0 Å². The molecule has 1 aliphatic rings. The van der Waals surface area contributed by atoms with Gasteiger partial charge in [-0.3, -0.25) is 4.99 Å². The Morgan fingerprint density at radius 1 is 1.18 bits per heavy atom. The highest BCUT2D eigenvalue weighted by Gasteiger charge is 2.16. The van der Waals surface area contributed by atoms with Crippen LogP contribution in [0.1, 0.15) is 42.1 Å². The summed E-state index contributed by atoms with van der Waals surface area (Å²) in [5, 5.41) is 7.74. The van der Waals surface area contributed by atoms with E-state index in [-0.39, 0.29) is 24.0 Å². The molecular weight excluding hydrogens is 483 g/mol. The zero-order chi connectivity index (χ0) is 19.1. The molecule has 0 amide bonds. The molecule has 0 atom stereocenters. The SMILES string of the molecule is CCc1cnc(CNC(=NC)NCc2ccc(N3CCC(C)CC3)nc2)s1.I. The second kappa shape index (κ2) is 11.5. The second-order valence-electron chi connectivity index (χ2n) is 7.05. The van der Waals surface area contributed by atoms with Gasteiger partial charge in [-0.2, -0.15) is 0 Å². The number of halogens is 1. The van der Waals surface area contributed by atoms with Crippen LogP contribution < -0.4 is 15.5 Å². The van der Waals surface area contributed by atoms with Crippen molar-refractivity contribution in [2.24, 2.45) is 10.9 Å². The van der Waals surface area contributed by atoms with Gasteiger partial charge in [0.15, 0.2) is 5.96 Å². The van der Waals surface area contributed by atoms with E-state index in [4.69, 9.17) is 0 Å². The van der Waals surface area contributed by atoms with Crippen molar-refractivity contribution in [2.75, 3.05) is 25.0 Å². The smallest absolute Gasteiger partial charge is 0.191 e. The maximum atomic E-state index is 4.65. The number of guanidine groups is 1. The van der Waals surface area contributed by atoms with E-state index < -0.39 is 0 Å². The van der Waals surface area contributed by atoms with Crippen molar-refractivity contribution in [1.82, 2.24) is 20.6 Å². The maximum absolute atomic E-state index is 4.65. The topological polar surface area (TPSA) is 65.4 Å². The molecule has 0 radical (unpaired) electrons. The summed E-state index contributed by atoms with van der Waals surface area (Å²) in [7, 11) is 1.79. The van der Waals surface area contributed by atoms with Gasteiger partial charge < -0.3 is 15.5 Å². The zero-order valence-corrected chi connectivity index (χ0v) is 20.1. The van der Waals surface area contributed by atoms with Crippen LogP contribution in [0.3, 0.4) is 0 Å². The van der Waals surface area contributed by atoms with Gasteiger partial charge in [-0.1, -0.05) is 19.9 Å². The minimum absolute atomic E-state index is 0. The predicted molar refractivity (Wildman–Crippen MR) is 129 cm³/mol. The Bertz CT molecular complexity index is 737. The molecule has 1 saturated heterocycles. The van der Waals surface area contributed by atoms with Gasteiger partial charge in [0.1, 0.15) is 10.8 Å². The summed E-state index contributed by atoms with van der Waals surface area (Å²) < 4.78 is 0. The van der Waals surface area contributed by atoms with Crippen LogP contribution in [0.5, 0.6) is 0 Å². The molecule has 6 nitrogen and oxygen atoms in total. The highest BCUT2D eigenvalue weighted by Crippen LogP contribution is 2.21. The number of piperidine rings is 1. The Balaban J connectivity index is 0.00000280. The summed E-state index contributed by atoms with van der Waals surface area (Å²) >= 11 is 1.74. The average molecular weight is 514 g/mol. The number of hydrogen-bond acceptors (Lipinski definition) is 5. The number of aromatic nitrogens is 2. The average Bonchev–Trinajstić information content (AvgIpc) is 3.17. The molecule has 0 spiro atoms. The minimum Gasteiger partial charge on any atom is -0.357 e. The summed E-state index contributed by atoms with van der Waals surface area (Å²) in [6.07, 6.45) is 7.46. The van der Waals surface area contributed by atoms with Crippen molar-refractivity contribution in [1.29, 1.82) is 0 Å². The van der Waals surface area contributed by atoms with Crippen LogP contribution in [0, 0.1) is 5.92 Å². The summed E-state index contributed by atoms with van der Waals surface area (Å²) in [6, 6.07) is 4.28. The Hall–Kier alpha value is -1.42. The minimum atomic E-state index is 0. The molecule has 0 saturated carbocycles. The number of aliphatic imine (C=N–C) groups is 1. The Kier molecular flexibility index (Phi) is 9.43. The van der Waals surface area contributed by atoms with Gasteiger partial charge in [-0.15, -0.1) is 35.3 Å². The molecule has 2 N–H and O–H groups in total. The summed E-state index contributed by atoms with van der Waals surface area (Å²) in [6.45, 7) is 8.09. The summed E-state index contributed by atoms with van der Waals surface area (Å²) in [4.78, 5) is 17.1. The third-order valence-electron chi connectivity index (χ3n) is 4.96. The lowest BCUT2D eigenvalue weighted by atomic mass is 9.99. The third-order valence-corrected chi connectivity index (χ3v) is 6.10. The number of anilines is 1. The normalized spacial score (nSPS) is 15.2. The van der Waals surface area contributed by atoms with E-state index in [0.717, 1.165) is 47.8 Å². The van der Waals surface area contributed by atoms with E-state index in [1.807, 2.05) is 12.4 Å². The first-order valence-electron chi connectivity index (χ1n) is 9.76. The van der Waals surface area contributed by atoms with Crippen molar-refractivity contribution in [3.8, 4) is 0 Å². The number of aryl methyl sites for hydroxylation is 1. The van der Waals surface area contributed by atoms with Crippen LogP contribution in [-0.4, -0.2) is 36.1 Å². The number of hydrogen-bond donors (Lipinski definition) is 2. The van der Waals surface area contributed by atoms with Gasteiger partial charge in [0.05, 0.1) is 6.54 Å². The third kappa shape index (κ3) is 6.58. The molecule has 2 aromatic heterocycles. The molecule has 0 aromatic carbocycles. The fourth-order valence-corrected chi connectivity index (χ4v) is 3.91. The van der Waals surface area contributed by atoms with E-state index >= 15 is 0 Å². The Morgan fingerprint density at radius 3 is 2.54 bits per heavy atom. The fourth-order valence-electron chi connectivity index (χ4n) is 3.10. The monoisotopic (exact) mass is 514 g/mol. The van der Waals surface area contributed by atoms with E-state index in [2.05, 4.69) is 56.5 Å². The molecular formula is C20H31IN6S. The predicted octanol–water partition coefficient (Wildman–Crippen LogP) is 3.82. The highest BCUT2D eigenvalue weighted by atomic mass is 127. The van der Waals surface area contributed by atoms with Crippen LogP contribution in [-0.2, 0) is 19.5 Å². The molecule has 28 heavy (non-hydrogen) atoms. The van der Waals surface area contributed by atoms with E-state index in [1.165, 1.54) is 17.7 Å². The second-order valence-corrected chi connectivity index (χ2v) is 8.25. The van der Waals surface area contributed by atoms with Crippen LogP contribution >= 0.6 is 35.3 Å². The van der Waals surface area contributed by atoms with Crippen LogP contribution in [0.4, 0.5) is 5.82 Å². The Labute approximate surface area is 189 Å². The largest absolute Gasteiger partial charge is 0.357 e. The van der Waals surface area contributed by atoms with Gasteiger partial charge >= 0.3 is 0 Å². The first-order chi connectivity index (χ1) is 13.2. The molecule has 0 bridgehead atoms. The standard InChI is InChI=1S/C20H30N6S.HI/c1-4-17-13-23-19(27-17)14-25-20(21-3)24-12-16-5-6-18(22-11-16)26-9-7-15(2)8-10-26;/h5-6,11,13,15H,4,7-10,12,14H2,1-3H3,(H2,21,24,25);1H. The number of nitrogens with zero attached hydrogens (tertiary/aromatic N) is 4. The summed E-state index contributed by atoms with van der Waals surface area (Å²) in [5.41, 5.74) is 1.15. The van der Waals surface area contributed by atoms with Crippen molar-refractivity contribution in [3.63, 3.8) is 0 Å². The van der Waals surface area contributed by atoms with Gasteiger partial charge in [0.25, 0.3) is 0 Å². The van der Waals surface area contributed by atoms with Crippen LogP contribution in [0.15, 0.2) is 29.5 Å². The van der Waals surface area contributed by atoms with Gasteiger partial charge in [0.2, 0.25) is 0 Å². The van der Waals surface area contributed by atoms with E-state index in [0.29, 0.717) is 13.1 Å². The molecule has 0 aliphatic carbocycles. The maximum Gasteiger partial charge on any atom is 0.191 e. The van der Waals surface area contributed by atoms with Crippen molar-refractivity contribution >= 4 is 47.1 Å². The molecule has 1 aliphatic heterocycles.